The molecule has 22 heavy (non-hydrogen) atoms. The number of benzene rings is 1. The average molecular weight is 331 g/mol. The van der Waals surface area contributed by atoms with Crippen LogP contribution in [-0.4, -0.2) is 55.1 Å². The van der Waals surface area contributed by atoms with E-state index in [0.717, 1.165) is 0 Å². The molecule has 0 bridgehead atoms. The summed E-state index contributed by atoms with van der Waals surface area (Å²) in [5.74, 6) is -2.06. The van der Waals surface area contributed by atoms with Gasteiger partial charge in [0.1, 0.15) is 6.04 Å². The number of carboxylic acids is 1. The van der Waals surface area contributed by atoms with E-state index in [1.54, 1.807) is 17.9 Å². The van der Waals surface area contributed by atoms with E-state index in [0.29, 0.717) is 12.2 Å². The molecule has 6 nitrogen and oxygen atoms in total. The fraction of sp³-hybridized carbons (Fsp3) is 0.500. The Morgan fingerprint density at radius 2 is 2.23 bits per heavy atom. The number of nitrogens with zero attached hydrogens (tertiary/aromatic N) is 1. The molecule has 0 aromatic heterocycles. The van der Waals surface area contributed by atoms with Gasteiger partial charge in [-0.05, 0) is 24.6 Å². The molecule has 1 fully saturated rings. The third-order valence-corrected chi connectivity index (χ3v) is 5.14. The van der Waals surface area contributed by atoms with Crippen molar-refractivity contribution in [3.63, 3.8) is 0 Å². The normalized spacial score (nSPS) is 21.5. The lowest BCUT2D eigenvalue weighted by Gasteiger charge is -2.32. The van der Waals surface area contributed by atoms with Crippen LogP contribution in [0.25, 0.3) is 0 Å². The summed E-state index contributed by atoms with van der Waals surface area (Å²) in [5.41, 5.74) is 0.575. The lowest BCUT2D eigenvalue weighted by molar-refractivity contribution is -0.142. The van der Waals surface area contributed by atoms with E-state index in [1.807, 2.05) is 0 Å². The molecule has 122 valence electrons. The fourth-order valence-corrected chi connectivity index (χ4v) is 3.92. The van der Waals surface area contributed by atoms with Gasteiger partial charge in [-0.2, -0.15) is 0 Å². The van der Waals surface area contributed by atoms with Crippen molar-refractivity contribution in [3.8, 4) is 5.75 Å². The number of carbonyl (C=O) groups is 1. The van der Waals surface area contributed by atoms with Gasteiger partial charge < -0.3 is 9.84 Å². The van der Waals surface area contributed by atoms with E-state index in [1.165, 1.54) is 12.1 Å². The van der Waals surface area contributed by atoms with Crippen LogP contribution in [0.4, 0.5) is 4.39 Å². The van der Waals surface area contributed by atoms with E-state index >= 15 is 0 Å². The lowest BCUT2D eigenvalue weighted by atomic mass is 10.1. The molecule has 1 aromatic carbocycles. The van der Waals surface area contributed by atoms with Gasteiger partial charge in [-0.3, -0.25) is 9.69 Å². The van der Waals surface area contributed by atoms with Gasteiger partial charge in [0.2, 0.25) is 0 Å². The molecule has 1 atom stereocenters. The van der Waals surface area contributed by atoms with Crippen LogP contribution in [0.2, 0.25) is 0 Å². The Bertz CT molecular complexity index is 661. The summed E-state index contributed by atoms with van der Waals surface area (Å²) in [6, 6.07) is 3.32. The van der Waals surface area contributed by atoms with E-state index in [2.05, 4.69) is 0 Å². The first-order chi connectivity index (χ1) is 10.3. The second-order valence-corrected chi connectivity index (χ2v) is 7.37. The van der Waals surface area contributed by atoms with Crippen molar-refractivity contribution < 1.29 is 27.4 Å². The maximum Gasteiger partial charge on any atom is 0.321 e. The van der Waals surface area contributed by atoms with Crippen molar-refractivity contribution in [1.82, 2.24) is 4.90 Å². The van der Waals surface area contributed by atoms with Crippen molar-refractivity contribution in [3.05, 3.63) is 29.6 Å². The predicted molar refractivity (Wildman–Crippen MR) is 78.1 cm³/mol. The number of halogens is 1. The van der Waals surface area contributed by atoms with Gasteiger partial charge in [0, 0.05) is 13.1 Å². The van der Waals surface area contributed by atoms with Crippen molar-refractivity contribution in [2.75, 3.05) is 24.7 Å². The molecule has 1 N–H and O–H groups in total. The minimum absolute atomic E-state index is 0.0870. The number of ether oxygens (including phenoxy) is 1. The van der Waals surface area contributed by atoms with Crippen molar-refractivity contribution >= 4 is 15.8 Å². The van der Waals surface area contributed by atoms with Crippen LogP contribution in [0.15, 0.2) is 18.2 Å². The molecule has 0 amide bonds. The molecule has 1 aliphatic heterocycles. The van der Waals surface area contributed by atoms with Gasteiger partial charge in [-0.15, -0.1) is 0 Å². The predicted octanol–water partition coefficient (Wildman–Crippen LogP) is 0.908. The summed E-state index contributed by atoms with van der Waals surface area (Å²) >= 11 is 0. The van der Waals surface area contributed by atoms with Crippen LogP contribution in [0, 0.1) is 5.82 Å². The molecule has 0 radical (unpaired) electrons. The highest BCUT2D eigenvalue weighted by Gasteiger charge is 2.35. The molecule has 0 saturated carbocycles. The van der Waals surface area contributed by atoms with E-state index in [-0.39, 0.29) is 24.6 Å². The highest BCUT2D eigenvalue weighted by Crippen LogP contribution is 2.21. The highest BCUT2D eigenvalue weighted by molar-refractivity contribution is 7.91. The summed E-state index contributed by atoms with van der Waals surface area (Å²) < 4.78 is 42.1. The van der Waals surface area contributed by atoms with Gasteiger partial charge in [0.15, 0.2) is 21.4 Å². The van der Waals surface area contributed by atoms with Gasteiger partial charge in [-0.1, -0.05) is 6.07 Å². The van der Waals surface area contributed by atoms with Crippen LogP contribution < -0.4 is 4.74 Å². The summed E-state index contributed by atoms with van der Waals surface area (Å²) in [7, 11) is -3.34. The minimum atomic E-state index is -3.34. The molecule has 2 rings (SSSR count). The van der Waals surface area contributed by atoms with Gasteiger partial charge in [0.05, 0.1) is 18.1 Å². The Labute approximate surface area is 128 Å². The first-order valence-electron chi connectivity index (χ1n) is 6.91. The second kappa shape index (κ2) is 6.62. The average Bonchev–Trinajstić information content (AvgIpc) is 2.43. The Morgan fingerprint density at radius 3 is 2.82 bits per heavy atom. The molecule has 8 heteroatoms. The Morgan fingerprint density at radius 1 is 1.50 bits per heavy atom. The zero-order chi connectivity index (χ0) is 16.3. The quantitative estimate of drug-likeness (QED) is 0.863. The number of rotatable bonds is 5. The first kappa shape index (κ1) is 16.7. The molecule has 0 aliphatic carbocycles. The van der Waals surface area contributed by atoms with E-state index in [4.69, 9.17) is 4.74 Å². The summed E-state index contributed by atoms with van der Waals surface area (Å²) in [4.78, 5) is 12.8. The standard InChI is InChI=1S/C14H18FNO5S/c1-2-21-13-4-3-10(7-11(13)15)8-16-5-6-22(19,20)9-12(16)14(17)18/h3-4,7,12H,2,5-6,8-9H2,1H3,(H,17,18). The fourth-order valence-electron chi connectivity index (χ4n) is 2.41. The van der Waals surface area contributed by atoms with Gasteiger partial charge in [0.25, 0.3) is 0 Å². The number of hydrogen-bond donors (Lipinski definition) is 1. The van der Waals surface area contributed by atoms with Crippen LogP contribution in [0.3, 0.4) is 0 Å². The second-order valence-electron chi connectivity index (χ2n) is 5.14. The van der Waals surface area contributed by atoms with E-state index in [9.17, 15) is 22.7 Å². The molecule has 1 aliphatic rings. The summed E-state index contributed by atoms with van der Waals surface area (Å²) in [5, 5.41) is 9.19. The summed E-state index contributed by atoms with van der Waals surface area (Å²) in [6.07, 6.45) is 0. The SMILES string of the molecule is CCOc1ccc(CN2CCS(=O)(=O)CC2C(=O)O)cc1F. The maximum atomic E-state index is 13.8. The lowest BCUT2D eigenvalue weighted by Crippen LogP contribution is -2.51. The zero-order valence-electron chi connectivity index (χ0n) is 12.2. The van der Waals surface area contributed by atoms with Crippen LogP contribution >= 0.6 is 0 Å². The molecule has 1 saturated heterocycles. The van der Waals surface area contributed by atoms with Crippen LogP contribution in [-0.2, 0) is 21.2 Å². The van der Waals surface area contributed by atoms with Gasteiger partial charge in [-0.25, -0.2) is 12.8 Å². The van der Waals surface area contributed by atoms with Crippen molar-refractivity contribution in [1.29, 1.82) is 0 Å². The number of sulfone groups is 1. The third kappa shape index (κ3) is 3.95. The minimum Gasteiger partial charge on any atom is -0.491 e. The molecule has 1 aromatic rings. The zero-order valence-corrected chi connectivity index (χ0v) is 13.0. The first-order valence-corrected chi connectivity index (χ1v) is 8.73. The number of hydrogen-bond acceptors (Lipinski definition) is 5. The molecule has 1 unspecified atom stereocenters. The molecule has 0 spiro atoms. The topological polar surface area (TPSA) is 83.9 Å². The number of carboxylic acid groups (broad SMARTS) is 1. The molecule has 1 heterocycles. The van der Waals surface area contributed by atoms with E-state index < -0.39 is 33.4 Å². The smallest absolute Gasteiger partial charge is 0.321 e. The Balaban J connectivity index is 2.15. The monoisotopic (exact) mass is 331 g/mol. The molecular weight excluding hydrogens is 313 g/mol. The van der Waals surface area contributed by atoms with Crippen molar-refractivity contribution in [2.24, 2.45) is 0 Å². The third-order valence-electron chi connectivity index (χ3n) is 3.51. The molecular formula is C14H18FNO5S. The van der Waals surface area contributed by atoms with Gasteiger partial charge >= 0.3 is 5.97 Å². The Hall–Kier alpha value is -1.67. The highest BCUT2D eigenvalue weighted by atomic mass is 32.2. The largest absolute Gasteiger partial charge is 0.491 e. The summed E-state index contributed by atoms with van der Waals surface area (Å²) in [6.45, 7) is 2.39. The van der Waals surface area contributed by atoms with Crippen LogP contribution in [0.5, 0.6) is 5.75 Å². The van der Waals surface area contributed by atoms with Crippen LogP contribution in [0.1, 0.15) is 12.5 Å². The number of aliphatic carboxylic acids is 1. The Kier molecular flexibility index (Phi) is 5.02. The maximum absolute atomic E-state index is 13.8. The van der Waals surface area contributed by atoms with Crippen molar-refractivity contribution in [2.45, 2.75) is 19.5 Å².